The summed E-state index contributed by atoms with van der Waals surface area (Å²) in [5.41, 5.74) is 0. The number of carbonyl (C=O) groups is 1. The summed E-state index contributed by atoms with van der Waals surface area (Å²) < 4.78 is 0. The largest absolute Gasteiger partial charge is 1.00 e. The predicted octanol–water partition coefficient (Wildman–Crippen LogP) is -2.69. The fourth-order valence-corrected chi connectivity index (χ4v) is 1.20. The van der Waals surface area contributed by atoms with Crippen molar-refractivity contribution in [2.75, 3.05) is 0 Å². The van der Waals surface area contributed by atoms with Crippen molar-refractivity contribution in [2.24, 2.45) is 4.99 Å². The molecule has 0 saturated carbocycles. The summed E-state index contributed by atoms with van der Waals surface area (Å²) in [6.07, 6.45) is 1.55. The van der Waals surface area contributed by atoms with E-state index < -0.39 is 12.0 Å². The van der Waals surface area contributed by atoms with Crippen LogP contribution in [0.25, 0.3) is 0 Å². The van der Waals surface area contributed by atoms with Gasteiger partial charge in [-0.15, -0.1) is 11.3 Å². The molecule has 3 nitrogen and oxygen atoms in total. The van der Waals surface area contributed by atoms with E-state index in [1.54, 1.807) is 6.21 Å². The molecule has 1 atom stereocenters. The Bertz CT molecular complexity index is 284. The minimum Gasteiger partial charge on any atom is -0.548 e. The number of hydrogen-bond donors (Lipinski definition) is 0. The van der Waals surface area contributed by atoms with Gasteiger partial charge in [0, 0.05) is 11.1 Å². The maximum atomic E-state index is 10.2. The fraction of sp³-hybridized carbons (Fsp3) is 0.250. The maximum absolute atomic E-state index is 10.2. The SMILES string of the molecule is CC(N=Cc1cccs1)C(=O)[O-].[Na+]. The quantitative estimate of drug-likeness (QED) is 0.398. The van der Waals surface area contributed by atoms with Crippen LogP contribution in [0.1, 0.15) is 11.8 Å². The molecule has 0 N–H and O–H groups in total. The summed E-state index contributed by atoms with van der Waals surface area (Å²) in [7, 11) is 0. The average Bonchev–Trinajstić information content (AvgIpc) is 2.51. The summed E-state index contributed by atoms with van der Waals surface area (Å²) in [5.74, 6) is -1.15. The third-order valence-electron chi connectivity index (χ3n) is 1.31. The molecule has 0 bridgehead atoms. The second-order valence-corrected chi connectivity index (χ2v) is 3.27. The van der Waals surface area contributed by atoms with E-state index >= 15 is 0 Å². The van der Waals surface area contributed by atoms with Gasteiger partial charge in [0.15, 0.2) is 0 Å². The van der Waals surface area contributed by atoms with Gasteiger partial charge >= 0.3 is 29.6 Å². The van der Waals surface area contributed by atoms with Crippen LogP contribution in [0.5, 0.6) is 0 Å². The van der Waals surface area contributed by atoms with Crippen molar-refractivity contribution in [1.29, 1.82) is 0 Å². The standard InChI is InChI=1S/C8H9NO2S.Na/c1-6(8(10)11)9-5-7-3-2-4-12-7;/h2-6H,1H3,(H,10,11);/q;+1/p-1. The van der Waals surface area contributed by atoms with E-state index in [1.807, 2.05) is 17.5 Å². The number of carbonyl (C=O) groups excluding carboxylic acids is 1. The predicted molar refractivity (Wildman–Crippen MR) is 46.4 cm³/mol. The summed E-state index contributed by atoms with van der Waals surface area (Å²) in [6.45, 7) is 1.49. The molecule has 0 spiro atoms. The van der Waals surface area contributed by atoms with E-state index in [2.05, 4.69) is 4.99 Å². The Kier molecular flexibility index (Phi) is 6.24. The fourth-order valence-electron chi connectivity index (χ4n) is 0.611. The minimum absolute atomic E-state index is 0. The number of thiophene rings is 1. The summed E-state index contributed by atoms with van der Waals surface area (Å²) in [5, 5.41) is 12.1. The van der Waals surface area contributed by atoms with Gasteiger partial charge in [-0.3, -0.25) is 4.99 Å². The third kappa shape index (κ3) is 4.57. The Balaban J connectivity index is 0.00000144. The zero-order valence-electron chi connectivity index (χ0n) is 7.56. The molecule has 1 heterocycles. The monoisotopic (exact) mass is 205 g/mol. The molecule has 0 aliphatic rings. The Morgan fingerprint density at radius 2 is 2.46 bits per heavy atom. The molecule has 1 unspecified atom stereocenters. The normalized spacial score (nSPS) is 12.4. The van der Waals surface area contributed by atoms with Crippen molar-refractivity contribution in [3.8, 4) is 0 Å². The number of aliphatic carboxylic acids is 1. The first kappa shape index (κ1) is 12.8. The van der Waals surface area contributed by atoms with Gasteiger partial charge in [0.1, 0.15) is 0 Å². The smallest absolute Gasteiger partial charge is 0.548 e. The molecule has 1 rings (SSSR count). The van der Waals surface area contributed by atoms with Gasteiger partial charge in [0.25, 0.3) is 0 Å². The van der Waals surface area contributed by atoms with Crippen LogP contribution < -0.4 is 34.7 Å². The Morgan fingerprint density at radius 1 is 1.77 bits per heavy atom. The second-order valence-electron chi connectivity index (χ2n) is 2.29. The van der Waals surface area contributed by atoms with Gasteiger partial charge < -0.3 is 9.90 Å². The molecule has 0 fully saturated rings. The molecule has 0 amide bonds. The zero-order valence-corrected chi connectivity index (χ0v) is 10.4. The summed E-state index contributed by atoms with van der Waals surface area (Å²) in [6, 6.07) is 2.98. The Hall–Kier alpha value is -0.160. The van der Waals surface area contributed by atoms with Crippen LogP contribution in [-0.2, 0) is 4.79 Å². The van der Waals surface area contributed by atoms with Gasteiger partial charge in [-0.25, -0.2) is 0 Å². The van der Waals surface area contributed by atoms with Crippen molar-refractivity contribution in [3.63, 3.8) is 0 Å². The van der Waals surface area contributed by atoms with E-state index in [9.17, 15) is 9.90 Å². The van der Waals surface area contributed by atoms with Gasteiger partial charge in [-0.1, -0.05) is 6.07 Å². The van der Waals surface area contributed by atoms with Crippen LogP contribution >= 0.6 is 11.3 Å². The van der Waals surface area contributed by atoms with E-state index in [-0.39, 0.29) is 29.6 Å². The van der Waals surface area contributed by atoms with Crippen molar-refractivity contribution in [2.45, 2.75) is 13.0 Å². The number of rotatable bonds is 3. The van der Waals surface area contributed by atoms with Crippen LogP contribution in [-0.4, -0.2) is 18.2 Å². The van der Waals surface area contributed by atoms with Crippen molar-refractivity contribution >= 4 is 23.5 Å². The van der Waals surface area contributed by atoms with E-state index in [0.29, 0.717) is 0 Å². The molecule has 13 heavy (non-hydrogen) atoms. The van der Waals surface area contributed by atoms with Crippen LogP contribution in [0.2, 0.25) is 0 Å². The number of carboxylic acid groups (broad SMARTS) is 1. The van der Waals surface area contributed by atoms with E-state index in [1.165, 1.54) is 18.3 Å². The molecule has 0 aliphatic heterocycles. The topological polar surface area (TPSA) is 52.5 Å². The van der Waals surface area contributed by atoms with E-state index in [4.69, 9.17) is 0 Å². The molecule has 64 valence electrons. The van der Waals surface area contributed by atoms with Crippen molar-refractivity contribution < 1.29 is 39.5 Å². The molecule has 5 heteroatoms. The number of nitrogens with zero attached hydrogens (tertiary/aromatic N) is 1. The Morgan fingerprint density at radius 3 is 2.92 bits per heavy atom. The molecule has 0 aromatic carbocycles. The van der Waals surface area contributed by atoms with Crippen LogP contribution in [0, 0.1) is 0 Å². The van der Waals surface area contributed by atoms with Gasteiger partial charge in [-0.05, 0) is 18.4 Å². The third-order valence-corrected chi connectivity index (χ3v) is 2.12. The number of carboxylic acids is 1. The summed E-state index contributed by atoms with van der Waals surface area (Å²) in [4.78, 5) is 15.0. The number of aliphatic imine (C=N–C) groups is 1. The zero-order chi connectivity index (χ0) is 8.97. The molecule has 1 aromatic heterocycles. The number of hydrogen-bond acceptors (Lipinski definition) is 4. The molecular weight excluding hydrogens is 197 g/mol. The molecule has 0 radical (unpaired) electrons. The second kappa shape index (κ2) is 6.32. The van der Waals surface area contributed by atoms with Crippen LogP contribution in [0.3, 0.4) is 0 Å². The Labute approximate surface area is 103 Å². The van der Waals surface area contributed by atoms with Crippen molar-refractivity contribution in [1.82, 2.24) is 0 Å². The first-order valence-electron chi connectivity index (χ1n) is 3.47. The molecule has 1 aromatic rings. The van der Waals surface area contributed by atoms with Crippen molar-refractivity contribution in [3.05, 3.63) is 22.4 Å². The molecule has 0 aliphatic carbocycles. The molecular formula is C8H8NNaO2S. The van der Waals surface area contributed by atoms with Gasteiger partial charge in [0.05, 0.1) is 12.0 Å². The van der Waals surface area contributed by atoms with Crippen LogP contribution in [0.15, 0.2) is 22.5 Å². The minimum atomic E-state index is -1.15. The molecule has 0 saturated heterocycles. The first-order valence-corrected chi connectivity index (χ1v) is 4.35. The van der Waals surface area contributed by atoms with Gasteiger partial charge in [0.2, 0.25) is 0 Å². The first-order chi connectivity index (χ1) is 5.70. The van der Waals surface area contributed by atoms with Crippen LogP contribution in [0.4, 0.5) is 0 Å². The van der Waals surface area contributed by atoms with E-state index in [0.717, 1.165) is 4.88 Å². The average molecular weight is 205 g/mol. The maximum Gasteiger partial charge on any atom is 1.00 e. The van der Waals surface area contributed by atoms with Gasteiger partial charge in [-0.2, -0.15) is 0 Å². The summed E-state index contributed by atoms with van der Waals surface area (Å²) >= 11 is 1.51.